The highest BCUT2D eigenvalue weighted by atomic mass is 127. The number of aromatic nitrogens is 2. The predicted molar refractivity (Wildman–Crippen MR) is 70.3 cm³/mol. The van der Waals surface area contributed by atoms with Gasteiger partial charge in [0.2, 0.25) is 0 Å². The molecule has 0 N–H and O–H groups in total. The fourth-order valence-electron chi connectivity index (χ4n) is 1.27. The molecule has 3 nitrogen and oxygen atoms in total. The maximum atomic E-state index is 11.6. The molecule has 0 radical (unpaired) electrons. The Morgan fingerprint density at radius 2 is 2.33 bits per heavy atom. The van der Waals surface area contributed by atoms with E-state index < -0.39 is 0 Å². The van der Waals surface area contributed by atoms with E-state index >= 15 is 0 Å². The van der Waals surface area contributed by atoms with Gasteiger partial charge >= 0.3 is 0 Å². The largest absolute Gasteiger partial charge is 0.298 e. The Morgan fingerprint density at radius 1 is 1.60 bits per heavy atom. The second kappa shape index (κ2) is 6.48. The SMILES string of the molecule is CC(CCCl)CCn1cncc(I)c1=O. The van der Waals surface area contributed by atoms with Crippen LogP contribution in [0.25, 0.3) is 0 Å². The van der Waals surface area contributed by atoms with Crippen LogP contribution in [0.1, 0.15) is 19.8 Å². The molecule has 5 heteroatoms. The zero-order chi connectivity index (χ0) is 11.3. The van der Waals surface area contributed by atoms with E-state index in [1.165, 1.54) is 0 Å². The molecule has 1 heterocycles. The van der Waals surface area contributed by atoms with Gasteiger partial charge in [0, 0.05) is 18.6 Å². The van der Waals surface area contributed by atoms with Gasteiger partial charge in [-0.25, -0.2) is 4.98 Å². The van der Waals surface area contributed by atoms with Crippen LogP contribution in [0.15, 0.2) is 17.3 Å². The van der Waals surface area contributed by atoms with E-state index in [-0.39, 0.29) is 5.56 Å². The lowest BCUT2D eigenvalue weighted by Crippen LogP contribution is -2.23. The second-order valence-electron chi connectivity index (χ2n) is 3.61. The highest BCUT2D eigenvalue weighted by molar-refractivity contribution is 14.1. The maximum Gasteiger partial charge on any atom is 0.266 e. The normalized spacial score (nSPS) is 12.7. The zero-order valence-electron chi connectivity index (χ0n) is 8.62. The van der Waals surface area contributed by atoms with Crippen LogP contribution in [0.2, 0.25) is 0 Å². The Labute approximate surface area is 108 Å². The Hall–Kier alpha value is -0.100. The van der Waals surface area contributed by atoms with Gasteiger partial charge in [-0.05, 0) is 41.4 Å². The Kier molecular flexibility index (Phi) is 5.60. The zero-order valence-corrected chi connectivity index (χ0v) is 11.5. The van der Waals surface area contributed by atoms with E-state index in [0.29, 0.717) is 15.4 Å². The molecule has 1 aromatic rings. The van der Waals surface area contributed by atoms with Gasteiger partial charge in [0.05, 0.1) is 9.90 Å². The van der Waals surface area contributed by atoms with Crippen molar-refractivity contribution in [3.05, 3.63) is 26.4 Å². The molecule has 0 saturated heterocycles. The molecule has 0 amide bonds. The van der Waals surface area contributed by atoms with Crippen molar-refractivity contribution in [3.63, 3.8) is 0 Å². The van der Waals surface area contributed by atoms with Crippen molar-refractivity contribution in [2.24, 2.45) is 5.92 Å². The van der Waals surface area contributed by atoms with Crippen LogP contribution < -0.4 is 5.56 Å². The molecule has 1 unspecified atom stereocenters. The lowest BCUT2D eigenvalue weighted by molar-refractivity contribution is 0.461. The highest BCUT2D eigenvalue weighted by Crippen LogP contribution is 2.09. The second-order valence-corrected chi connectivity index (χ2v) is 5.15. The van der Waals surface area contributed by atoms with E-state index in [4.69, 9.17) is 11.6 Å². The van der Waals surface area contributed by atoms with E-state index in [9.17, 15) is 4.79 Å². The molecule has 1 atom stereocenters. The van der Waals surface area contributed by atoms with Crippen LogP contribution in [0.3, 0.4) is 0 Å². The van der Waals surface area contributed by atoms with Crippen LogP contribution in [-0.4, -0.2) is 15.4 Å². The van der Waals surface area contributed by atoms with Gasteiger partial charge in [0.25, 0.3) is 5.56 Å². The lowest BCUT2D eigenvalue weighted by Gasteiger charge is -2.10. The number of aryl methyl sites for hydroxylation is 1. The van der Waals surface area contributed by atoms with E-state index in [1.807, 2.05) is 22.6 Å². The van der Waals surface area contributed by atoms with Crippen LogP contribution in [-0.2, 0) is 6.54 Å². The first-order valence-electron chi connectivity index (χ1n) is 4.91. The maximum absolute atomic E-state index is 11.6. The van der Waals surface area contributed by atoms with Crippen molar-refractivity contribution in [2.75, 3.05) is 5.88 Å². The molecule has 0 aliphatic carbocycles. The number of rotatable bonds is 5. The summed E-state index contributed by atoms with van der Waals surface area (Å²) in [4.78, 5) is 15.6. The van der Waals surface area contributed by atoms with Crippen LogP contribution >= 0.6 is 34.2 Å². The van der Waals surface area contributed by atoms with Crippen molar-refractivity contribution < 1.29 is 0 Å². The highest BCUT2D eigenvalue weighted by Gasteiger charge is 2.04. The molecule has 0 aliphatic heterocycles. The minimum Gasteiger partial charge on any atom is -0.298 e. The average molecular weight is 341 g/mol. The summed E-state index contributed by atoms with van der Waals surface area (Å²) in [6.07, 6.45) is 5.14. The molecule has 0 bridgehead atoms. The summed E-state index contributed by atoms with van der Waals surface area (Å²) < 4.78 is 2.33. The quantitative estimate of drug-likeness (QED) is 0.610. The summed E-state index contributed by atoms with van der Waals surface area (Å²) in [5, 5.41) is 0. The summed E-state index contributed by atoms with van der Waals surface area (Å²) in [6, 6.07) is 0. The fourth-order valence-corrected chi connectivity index (χ4v) is 2.12. The number of nitrogens with zero attached hydrogens (tertiary/aromatic N) is 2. The summed E-state index contributed by atoms with van der Waals surface area (Å²) in [5.74, 6) is 1.23. The molecular weight excluding hydrogens is 326 g/mol. The summed E-state index contributed by atoms with van der Waals surface area (Å²) in [7, 11) is 0. The van der Waals surface area contributed by atoms with Gasteiger partial charge in [0.15, 0.2) is 0 Å². The summed E-state index contributed by atoms with van der Waals surface area (Å²) >= 11 is 7.66. The molecule has 0 saturated carbocycles. The molecular formula is C10H14ClIN2O. The standard InChI is InChI=1S/C10H14ClIN2O/c1-8(2-4-11)3-5-14-7-13-6-9(12)10(14)15/h6-8H,2-5H2,1H3. The van der Waals surface area contributed by atoms with Gasteiger partial charge in [-0.1, -0.05) is 6.92 Å². The van der Waals surface area contributed by atoms with Crippen LogP contribution in [0, 0.1) is 9.49 Å². The summed E-state index contributed by atoms with van der Waals surface area (Å²) in [6.45, 7) is 2.87. The van der Waals surface area contributed by atoms with Gasteiger partial charge in [-0.3, -0.25) is 9.36 Å². The van der Waals surface area contributed by atoms with E-state index in [2.05, 4.69) is 11.9 Å². The van der Waals surface area contributed by atoms with Crippen LogP contribution in [0.5, 0.6) is 0 Å². The van der Waals surface area contributed by atoms with E-state index in [1.54, 1.807) is 17.1 Å². The van der Waals surface area contributed by atoms with E-state index in [0.717, 1.165) is 19.4 Å². The third-order valence-corrected chi connectivity index (χ3v) is 3.28. The minimum atomic E-state index is 0.0451. The first-order chi connectivity index (χ1) is 7.15. The average Bonchev–Trinajstić information content (AvgIpc) is 2.21. The number of alkyl halides is 1. The van der Waals surface area contributed by atoms with Crippen molar-refractivity contribution in [1.82, 2.24) is 9.55 Å². The van der Waals surface area contributed by atoms with Gasteiger partial charge in [-0.15, -0.1) is 11.6 Å². The monoisotopic (exact) mass is 340 g/mol. The third kappa shape index (κ3) is 4.10. The molecule has 0 aromatic carbocycles. The number of hydrogen-bond acceptors (Lipinski definition) is 2. The van der Waals surface area contributed by atoms with Gasteiger partial charge in [0.1, 0.15) is 0 Å². The van der Waals surface area contributed by atoms with Crippen LogP contribution in [0.4, 0.5) is 0 Å². The molecule has 0 aliphatic rings. The molecule has 1 aromatic heterocycles. The van der Waals surface area contributed by atoms with Crippen molar-refractivity contribution in [3.8, 4) is 0 Å². The molecule has 0 spiro atoms. The van der Waals surface area contributed by atoms with Crippen molar-refractivity contribution in [2.45, 2.75) is 26.3 Å². The smallest absolute Gasteiger partial charge is 0.266 e. The first kappa shape index (κ1) is 13.0. The molecule has 0 fully saturated rings. The Bertz CT molecular complexity index is 367. The van der Waals surface area contributed by atoms with Gasteiger partial charge < -0.3 is 0 Å². The number of hydrogen-bond donors (Lipinski definition) is 0. The number of halogens is 2. The fraction of sp³-hybridized carbons (Fsp3) is 0.600. The Balaban J connectivity index is 2.58. The molecule has 84 valence electrons. The lowest BCUT2D eigenvalue weighted by atomic mass is 10.1. The topological polar surface area (TPSA) is 34.9 Å². The van der Waals surface area contributed by atoms with Crippen molar-refractivity contribution in [1.29, 1.82) is 0 Å². The molecule has 15 heavy (non-hydrogen) atoms. The van der Waals surface area contributed by atoms with Crippen molar-refractivity contribution >= 4 is 34.2 Å². The Morgan fingerprint density at radius 3 is 3.00 bits per heavy atom. The first-order valence-corrected chi connectivity index (χ1v) is 6.52. The van der Waals surface area contributed by atoms with Gasteiger partial charge in [-0.2, -0.15) is 0 Å². The third-order valence-electron chi connectivity index (χ3n) is 2.32. The minimum absolute atomic E-state index is 0.0451. The predicted octanol–water partition coefficient (Wildman–Crippen LogP) is 2.50. The summed E-state index contributed by atoms with van der Waals surface area (Å²) in [5.41, 5.74) is 0.0451. The molecule has 1 rings (SSSR count).